The molecule has 1 fully saturated rings. The molecule has 4 heteroatoms. The van der Waals surface area contributed by atoms with Crippen LogP contribution in [0.2, 0.25) is 0 Å². The highest BCUT2D eigenvalue weighted by Gasteiger charge is 2.33. The summed E-state index contributed by atoms with van der Waals surface area (Å²) in [5.41, 5.74) is 2.26. The van der Waals surface area contributed by atoms with E-state index in [1.54, 1.807) is 60.7 Å². The highest BCUT2D eigenvalue weighted by Crippen LogP contribution is 2.30. The van der Waals surface area contributed by atoms with Gasteiger partial charge in [-0.1, -0.05) is 30.3 Å². The summed E-state index contributed by atoms with van der Waals surface area (Å²) in [6.45, 7) is 0. The van der Waals surface area contributed by atoms with Crippen LogP contribution in [0.3, 0.4) is 0 Å². The molecule has 1 aliphatic carbocycles. The summed E-state index contributed by atoms with van der Waals surface area (Å²) in [5.74, 6) is -0.622. The van der Waals surface area contributed by atoms with Crippen LogP contribution in [0, 0.1) is 5.92 Å². The molecule has 0 aliphatic heterocycles. The van der Waals surface area contributed by atoms with Gasteiger partial charge in [0.2, 0.25) is 0 Å². The van der Waals surface area contributed by atoms with Crippen LogP contribution in [0.4, 0.5) is 0 Å². The molecular formula is C21H18O4. The van der Waals surface area contributed by atoms with Crippen molar-refractivity contribution in [2.45, 2.75) is 12.8 Å². The maximum Gasteiger partial charge on any atom is 0.169 e. The number of Topliss-reactive ketones (excluding diaryl/α,β-unsaturated/α-hetero) is 1. The van der Waals surface area contributed by atoms with Crippen molar-refractivity contribution in [1.29, 1.82) is 0 Å². The summed E-state index contributed by atoms with van der Waals surface area (Å²) < 4.78 is 0. The Bertz CT molecular complexity index is 842. The van der Waals surface area contributed by atoms with E-state index in [0.717, 1.165) is 11.1 Å². The Balaban J connectivity index is 1.69. The Morgan fingerprint density at radius 1 is 0.920 bits per heavy atom. The van der Waals surface area contributed by atoms with Crippen molar-refractivity contribution in [2.75, 3.05) is 0 Å². The van der Waals surface area contributed by atoms with Gasteiger partial charge in [-0.15, -0.1) is 0 Å². The molecule has 0 heterocycles. The van der Waals surface area contributed by atoms with Crippen LogP contribution in [-0.4, -0.2) is 21.8 Å². The number of phenols is 2. The number of carbonyl (C=O) groups is 2. The molecule has 4 nitrogen and oxygen atoms in total. The fourth-order valence-corrected chi connectivity index (χ4v) is 2.84. The number of allylic oxidation sites excluding steroid dienone is 2. The van der Waals surface area contributed by atoms with Crippen molar-refractivity contribution >= 4 is 23.7 Å². The molecule has 25 heavy (non-hydrogen) atoms. The van der Waals surface area contributed by atoms with Crippen LogP contribution in [0.1, 0.15) is 24.0 Å². The summed E-state index contributed by atoms with van der Waals surface area (Å²) >= 11 is 0. The van der Waals surface area contributed by atoms with Gasteiger partial charge in [-0.3, -0.25) is 9.59 Å². The fourth-order valence-electron chi connectivity index (χ4n) is 2.84. The predicted molar refractivity (Wildman–Crippen MR) is 96.0 cm³/mol. The lowest BCUT2D eigenvalue weighted by atomic mass is 9.99. The van der Waals surface area contributed by atoms with E-state index in [9.17, 15) is 19.8 Å². The number of rotatable bonds is 4. The maximum absolute atomic E-state index is 12.5. The van der Waals surface area contributed by atoms with Crippen LogP contribution in [0.5, 0.6) is 11.5 Å². The first-order chi connectivity index (χ1) is 12.0. The van der Waals surface area contributed by atoms with E-state index in [-0.39, 0.29) is 23.1 Å². The molecule has 0 saturated heterocycles. The summed E-state index contributed by atoms with van der Waals surface area (Å²) in [4.78, 5) is 24.8. The topological polar surface area (TPSA) is 74.6 Å². The van der Waals surface area contributed by atoms with Crippen LogP contribution >= 0.6 is 0 Å². The van der Waals surface area contributed by atoms with Crippen molar-refractivity contribution in [2.24, 2.45) is 5.92 Å². The van der Waals surface area contributed by atoms with E-state index in [1.165, 1.54) is 6.08 Å². The lowest BCUT2D eigenvalue weighted by molar-refractivity contribution is -0.126. The molecule has 0 amide bonds. The number of ketones is 2. The molecule has 126 valence electrons. The number of hydrogen-bond donors (Lipinski definition) is 2. The average Bonchev–Trinajstić information content (AvgIpc) is 2.97. The molecule has 0 spiro atoms. The zero-order valence-electron chi connectivity index (χ0n) is 13.6. The van der Waals surface area contributed by atoms with E-state index in [2.05, 4.69) is 0 Å². The number of hydrogen-bond acceptors (Lipinski definition) is 4. The third-order valence-electron chi connectivity index (χ3n) is 4.25. The molecular weight excluding hydrogens is 316 g/mol. The minimum Gasteiger partial charge on any atom is -0.508 e. The largest absolute Gasteiger partial charge is 0.508 e. The third-order valence-corrected chi connectivity index (χ3v) is 4.25. The Morgan fingerprint density at radius 2 is 1.48 bits per heavy atom. The molecule has 3 rings (SSSR count). The summed E-state index contributed by atoms with van der Waals surface area (Å²) in [5, 5.41) is 18.5. The number of benzene rings is 2. The van der Waals surface area contributed by atoms with Crippen molar-refractivity contribution in [3.05, 3.63) is 71.3 Å². The second kappa shape index (κ2) is 7.18. The highest BCUT2D eigenvalue weighted by atomic mass is 16.3. The molecule has 1 saturated carbocycles. The quantitative estimate of drug-likeness (QED) is 0.660. The molecule has 2 aromatic carbocycles. The first kappa shape index (κ1) is 16.7. The lowest BCUT2D eigenvalue weighted by Gasteiger charge is -2.02. The Hall–Kier alpha value is -3.14. The van der Waals surface area contributed by atoms with Gasteiger partial charge in [0.25, 0.3) is 0 Å². The van der Waals surface area contributed by atoms with E-state index in [1.807, 2.05) is 0 Å². The smallest absolute Gasteiger partial charge is 0.169 e. The Kier molecular flexibility index (Phi) is 4.80. The molecule has 0 bridgehead atoms. The molecule has 0 radical (unpaired) electrons. The van der Waals surface area contributed by atoms with Gasteiger partial charge in [-0.05, 0) is 66.0 Å². The predicted octanol–water partition coefficient (Wildman–Crippen LogP) is 3.74. The standard InChI is InChI=1S/C21H18O4/c22-17-7-1-14(2-8-17)5-12-20(24)19-11-6-16(21(19)25)13-15-3-9-18(23)10-4-15/h1-5,7-10,12-13,19,22-23H,6,11H2/b12-5+,16-13+. The maximum atomic E-state index is 12.5. The van der Waals surface area contributed by atoms with Crippen LogP contribution in [0.15, 0.2) is 60.2 Å². The number of carbonyl (C=O) groups excluding carboxylic acids is 2. The number of aromatic hydroxyl groups is 2. The zero-order valence-corrected chi connectivity index (χ0v) is 13.6. The van der Waals surface area contributed by atoms with Crippen molar-refractivity contribution in [1.82, 2.24) is 0 Å². The minimum absolute atomic E-state index is 0.131. The van der Waals surface area contributed by atoms with Gasteiger partial charge < -0.3 is 10.2 Å². The van der Waals surface area contributed by atoms with Crippen molar-refractivity contribution in [3.8, 4) is 11.5 Å². The van der Waals surface area contributed by atoms with Crippen LogP contribution < -0.4 is 0 Å². The Morgan fingerprint density at radius 3 is 2.08 bits per heavy atom. The van der Waals surface area contributed by atoms with Gasteiger partial charge in [0, 0.05) is 0 Å². The normalized spacial score (nSPS) is 19.0. The van der Waals surface area contributed by atoms with E-state index in [4.69, 9.17) is 0 Å². The van der Waals surface area contributed by atoms with E-state index < -0.39 is 5.92 Å². The molecule has 2 N–H and O–H groups in total. The first-order valence-corrected chi connectivity index (χ1v) is 8.08. The minimum atomic E-state index is -0.628. The fraction of sp³-hybridized carbons (Fsp3) is 0.143. The van der Waals surface area contributed by atoms with Gasteiger partial charge in [0.1, 0.15) is 11.5 Å². The van der Waals surface area contributed by atoms with E-state index >= 15 is 0 Å². The first-order valence-electron chi connectivity index (χ1n) is 8.08. The molecule has 2 aromatic rings. The molecule has 1 atom stereocenters. The summed E-state index contributed by atoms with van der Waals surface area (Å²) in [6.07, 6.45) is 5.94. The van der Waals surface area contributed by atoms with Crippen molar-refractivity contribution in [3.63, 3.8) is 0 Å². The lowest BCUT2D eigenvalue weighted by Crippen LogP contribution is -2.17. The second-order valence-electron chi connectivity index (χ2n) is 6.04. The molecule has 1 aliphatic rings. The third kappa shape index (κ3) is 4.04. The van der Waals surface area contributed by atoms with E-state index in [0.29, 0.717) is 18.4 Å². The van der Waals surface area contributed by atoms with Crippen LogP contribution in [0.25, 0.3) is 12.2 Å². The Labute approximate surface area is 145 Å². The molecule has 1 unspecified atom stereocenters. The summed E-state index contributed by atoms with van der Waals surface area (Å²) in [7, 11) is 0. The average molecular weight is 334 g/mol. The second-order valence-corrected chi connectivity index (χ2v) is 6.04. The number of phenolic OH excluding ortho intramolecular Hbond substituents is 2. The molecule has 0 aromatic heterocycles. The van der Waals surface area contributed by atoms with Gasteiger partial charge in [-0.25, -0.2) is 0 Å². The zero-order chi connectivity index (χ0) is 17.8. The van der Waals surface area contributed by atoms with Gasteiger partial charge in [-0.2, -0.15) is 0 Å². The van der Waals surface area contributed by atoms with Gasteiger partial charge in [0.05, 0.1) is 5.92 Å². The van der Waals surface area contributed by atoms with Crippen LogP contribution in [-0.2, 0) is 9.59 Å². The SMILES string of the molecule is O=C(/C=C/c1ccc(O)cc1)C1CC/C(=C\c2ccc(O)cc2)C1=O. The van der Waals surface area contributed by atoms with Crippen molar-refractivity contribution < 1.29 is 19.8 Å². The summed E-state index contributed by atoms with van der Waals surface area (Å²) in [6, 6.07) is 13.1. The highest BCUT2D eigenvalue weighted by molar-refractivity contribution is 6.17. The van der Waals surface area contributed by atoms with Gasteiger partial charge >= 0.3 is 0 Å². The monoisotopic (exact) mass is 334 g/mol. The van der Waals surface area contributed by atoms with Gasteiger partial charge in [0.15, 0.2) is 11.6 Å².